The second-order valence-electron chi connectivity index (χ2n) is 4.62. The molecular formula is C10H23BN2O2. The molecule has 0 aromatic heterocycles. The molecule has 0 unspecified atom stereocenters. The fourth-order valence-corrected chi connectivity index (χ4v) is 2.46. The minimum atomic E-state index is -1.14. The second kappa shape index (κ2) is 6.48. The Kier molecular flexibility index (Phi) is 5.60. The van der Waals surface area contributed by atoms with Crippen molar-refractivity contribution in [3.05, 3.63) is 0 Å². The molecule has 15 heavy (non-hydrogen) atoms. The lowest BCUT2D eigenvalue weighted by atomic mass is 9.81. The molecule has 0 bridgehead atoms. The van der Waals surface area contributed by atoms with E-state index in [0.29, 0.717) is 24.3 Å². The van der Waals surface area contributed by atoms with Crippen molar-refractivity contribution in [1.82, 2.24) is 10.6 Å². The molecule has 5 heteroatoms. The number of rotatable bonds is 6. The Balaban J connectivity index is 2.19. The lowest BCUT2D eigenvalue weighted by molar-refractivity contribution is 0.389. The third-order valence-electron chi connectivity index (χ3n) is 3.28. The van der Waals surface area contributed by atoms with Crippen LogP contribution in [0.2, 0.25) is 6.32 Å². The van der Waals surface area contributed by atoms with Gasteiger partial charge in [0.2, 0.25) is 0 Å². The highest BCUT2D eigenvalue weighted by molar-refractivity contribution is 6.40. The molecule has 1 saturated heterocycles. The van der Waals surface area contributed by atoms with Gasteiger partial charge in [0.1, 0.15) is 0 Å². The molecule has 0 aliphatic carbocycles. The van der Waals surface area contributed by atoms with Crippen molar-refractivity contribution < 1.29 is 10.0 Å². The number of nitrogens with one attached hydrogen (secondary N) is 2. The molecule has 1 aliphatic rings. The Hall–Kier alpha value is -0.0951. The predicted octanol–water partition coefficient (Wildman–Crippen LogP) is -0.175. The first-order valence-electron chi connectivity index (χ1n) is 5.90. The van der Waals surface area contributed by atoms with Crippen LogP contribution in [-0.2, 0) is 0 Å². The molecule has 3 atom stereocenters. The molecule has 0 aromatic rings. The Morgan fingerprint density at radius 3 is 2.80 bits per heavy atom. The molecule has 1 fully saturated rings. The maximum Gasteiger partial charge on any atom is 0.451 e. The normalized spacial score (nSPS) is 30.8. The van der Waals surface area contributed by atoms with E-state index in [1.807, 2.05) is 7.05 Å². The third kappa shape index (κ3) is 4.51. The summed E-state index contributed by atoms with van der Waals surface area (Å²) in [5, 5.41) is 24.3. The van der Waals surface area contributed by atoms with E-state index < -0.39 is 7.12 Å². The Morgan fingerprint density at radius 1 is 1.47 bits per heavy atom. The Bertz CT molecular complexity index is 181. The van der Waals surface area contributed by atoms with Crippen LogP contribution in [-0.4, -0.2) is 42.8 Å². The smallest absolute Gasteiger partial charge is 0.427 e. The summed E-state index contributed by atoms with van der Waals surface area (Å²) in [6, 6.07) is 1.13. The Labute approximate surface area is 92.6 Å². The Morgan fingerprint density at radius 2 is 2.20 bits per heavy atom. The molecule has 4 nitrogen and oxygen atoms in total. The number of hydrogen-bond acceptors (Lipinski definition) is 4. The van der Waals surface area contributed by atoms with E-state index in [1.54, 1.807) is 0 Å². The zero-order valence-corrected chi connectivity index (χ0v) is 9.74. The predicted molar refractivity (Wildman–Crippen MR) is 62.7 cm³/mol. The van der Waals surface area contributed by atoms with Crippen molar-refractivity contribution in [1.29, 1.82) is 0 Å². The van der Waals surface area contributed by atoms with Gasteiger partial charge in [0.25, 0.3) is 0 Å². The van der Waals surface area contributed by atoms with Gasteiger partial charge in [0, 0.05) is 18.6 Å². The lowest BCUT2D eigenvalue weighted by Gasteiger charge is -2.13. The van der Waals surface area contributed by atoms with Crippen LogP contribution < -0.4 is 10.6 Å². The number of hydrogen-bond donors (Lipinski definition) is 4. The first-order valence-corrected chi connectivity index (χ1v) is 5.90. The van der Waals surface area contributed by atoms with Gasteiger partial charge >= 0.3 is 7.12 Å². The fourth-order valence-electron chi connectivity index (χ4n) is 2.46. The van der Waals surface area contributed by atoms with Crippen LogP contribution >= 0.6 is 0 Å². The molecule has 0 aromatic carbocycles. The van der Waals surface area contributed by atoms with Crippen LogP contribution in [0.15, 0.2) is 0 Å². The van der Waals surface area contributed by atoms with Crippen LogP contribution in [0.5, 0.6) is 0 Å². The van der Waals surface area contributed by atoms with E-state index in [2.05, 4.69) is 17.6 Å². The van der Waals surface area contributed by atoms with Crippen molar-refractivity contribution in [2.24, 2.45) is 5.92 Å². The zero-order chi connectivity index (χ0) is 11.3. The van der Waals surface area contributed by atoms with Crippen LogP contribution in [0.1, 0.15) is 26.2 Å². The van der Waals surface area contributed by atoms with Crippen molar-refractivity contribution in [2.75, 3.05) is 13.6 Å². The maximum absolute atomic E-state index is 8.76. The van der Waals surface area contributed by atoms with Crippen LogP contribution in [0.4, 0.5) is 0 Å². The molecular weight excluding hydrogens is 191 g/mol. The van der Waals surface area contributed by atoms with Gasteiger partial charge in [-0.05, 0) is 39.1 Å². The van der Waals surface area contributed by atoms with Crippen molar-refractivity contribution in [3.8, 4) is 0 Å². The van der Waals surface area contributed by atoms with E-state index in [0.717, 1.165) is 19.4 Å². The highest BCUT2D eigenvalue weighted by atomic mass is 16.4. The molecule has 0 saturated carbocycles. The van der Waals surface area contributed by atoms with E-state index in [4.69, 9.17) is 10.0 Å². The molecule has 1 rings (SSSR count). The SMILES string of the molecule is CNC[C@@H]1C[C@@H](CCCB(O)O)[C@@H](C)N1. The molecule has 4 N–H and O–H groups in total. The molecule has 0 amide bonds. The van der Waals surface area contributed by atoms with E-state index in [1.165, 1.54) is 6.42 Å². The fraction of sp³-hybridized carbons (Fsp3) is 1.00. The van der Waals surface area contributed by atoms with Crippen molar-refractivity contribution in [3.63, 3.8) is 0 Å². The highest BCUT2D eigenvalue weighted by Crippen LogP contribution is 2.25. The summed E-state index contributed by atoms with van der Waals surface area (Å²) in [5.74, 6) is 0.682. The van der Waals surface area contributed by atoms with Gasteiger partial charge in [-0.1, -0.05) is 6.42 Å². The summed E-state index contributed by atoms with van der Waals surface area (Å²) < 4.78 is 0. The van der Waals surface area contributed by atoms with Crippen LogP contribution in [0.3, 0.4) is 0 Å². The number of likely N-dealkylation sites (N-methyl/N-ethyl adjacent to an activating group) is 1. The summed E-state index contributed by atoms with van der Waals surface area (Å²) in [7, 11) is 0.838. The summed E-state index contributed by atoms with van der Waals surface area (Å²) >= 11 is 0. The van der Waals surface area contributed by atoms with Crippen molar-refractivity contribution >= 4 is 7.12 Å². The van der Waals surface area contributed by atoms with Gasteiger partial charge in [-0.2, -0.15) is 0 Å². The van der Waals surface area contributed by atoms with Gasteiger partial charge in [0.15, 0.2) is 0 Å². The second-order valence-corrected chi connectivity index (χ2v) is 4.62. The third-order valence-corrected chi connectivity index (χ3v) is 3.28. The summed E-state index contributed by atoms with van der Waals surface area (Å²) in [5.41, 5.74) is 0. The first kappa shape index (κ1) is 13.0. The van der Waals surface area contributed by atoms with Gasteiger partial charge in [-0.15, -0.1) is 0 Å². The quantitative estimate of drug-likeness (QED) is 0.463. The van der Waals surface area contributed by atoms with Gasteiger partial charge < -0.3 is 20.7 Å². The minimum absolute atomic E-state index is 0.500. The largest absolute Gasteiger partial charge is 0.451 e. The van der Waals surface area contributed by atoms with E-state index in [9.17, 15) is 0 Å². The van der Waals surface area contributed by atoms with Gasteiger partial charge in [-0.25, -0.2) is 0 Å². The average Bonchev–Trinajstić information content (AvgIpc) is 2.47. The summed E-state index contributed by atoms with van der Waals surface area (Å²) in [4.78, 5) is 0. The zero-order valence-electron chi connectivity index (χ0n) is 9.74. The topological polar surface area (TPSA) is 64.5 Å². The van der Waals surface area contributed by atoms with Gasteiger partial charge in [-0.3, -0.25) is 0 Å². The van der Waals surface area contributed by atoms with E-state index in [-0.39, 0.29) is 0 Å². The molecule has 1 aliphatic heterocycles. The average molecular weight is 214 g/mol. The lowest BCUT2D eigenvalue weighted by Crippen LogP contribution is -2.35. The maximum atomic E-state index is 8.76. The van der Waals surface area contributed by atoms with Crippen LogP contribution in [0.25, 0.3) is 0 Å². The molecule has 88 valence electrons. The minimum Gasteiger partial charge on any atom is -0.427 e. The van der Waals surface area contributed by atoms with Crippen LogP contribution in [0, 0.1) is 5.92 Å². The summed E-state index contributed by atoms with van der Waals surface area (Å²) in [6.45, 7) is 3.24. The summed E-state index contributed by atoms with van der Waals surface area (Å²) in [6.07, 6.45) is 3.69. The van der Waals surface area contributed by atoms with Gasteiger partial charge in [0.05, 0.1) is 0 Å². The molecule has 0 spiro atoms. The monoisotopic (exact) mass is 214 g/mol. The van der Waals surface area contributed by atoms with Crippen molar-refractivity contribution in [2.45, 2.75) is 44.6 Å². The first-order chi connectivity index (χ1) is 7.13. The molecule has 0 radical (unpaired) electrons. The highest BCUT2D eigenvalue weighted by Gasteiger charge is 2.29. The molecule has 1 heterocycles. The van der Waals surface area contributed by atoms with E-state index >= 15 is 0 Å². The standard InChI is InChI=1S/C10H23BN2O2/c1-8-9(4-3-5-11(14)15)6-10(13-8)7-12-2/h8-10,12-15H,3-7H2,1-2H3/t8-,9-,10+/m1/s1.